The molecular weight excluding hydrogens is 535 g/mol. The molecule has 1 saturated carbocycles. The number of anilines is 1. The van der Waals surface area contributed by atoms with Gasteiger partial charge in [0.1, 0.15) is 11.6 Å². The fourth-order valence-electron chi connectivity index (χ4n) is 7.62. The maximum atomic E-state index is 14.3. The average molecular weight is 565 g/mol. The van der Waals surface area contributed by atoms with Gasteiger partial charge in [-0.25, -0.2) is 9.29 Å². The molecule has 2 heterocycles. The molecule has 0 radical (unpaired) electrons. The summed E-state index contributed by atoms with van der Waals surface area (Å²) in [5.41, 5.74) is -0.577. The van der Waals surface area contributed by atoms with Gasteiger partial charge >= 0.3 is 0 Å². The number of benzene rings is 2. The number of imide groups is 2. The van der Waals surface area contributed by atoms with Crippen LogP contribution in [0.4, 0.5) is 10.1 Å². The summed E-state index contributed by atoms with van der Waals surface area (Å²) in [6.07, 6.45) is 2.47. The van der Waals surface area contributed by atoms with Crippen LogP contribution in [0.1, 0.15) is 52.0 Å². The predicted molar refractivity (Wildman–Crippen MR) is 146 cm³/mol. The maximum Gasteiger partial charge on any atom is 0.241 e. The lowest BCUT2D eigenvalue weighted by molar-refractivity contribution is -0.145. The largest absolute Gasteiger partial charge is 0.508 e. The van der Waals surface area contributed by atoms with E-state index in [1.807, 2.05) is 26.8 Å². The van der Waals surface area contributed by atoms with Gasteiger partial charge in [-0.3, -0.25) is 24.1 Å². The second-order valence-corrected chi connectivity index (χ2v) is 12.9. The van der Waals surface area contributed by atoms with Crippen LogP contribution in [0.15, 0.2) is 54.1 Å². The Bertz CT molecular complexity index is 1530. The van der Waals surface area contributed by atoms with Gasteiger partial charge in [0.05, 0.1) is 33.9 Å². The third kappa shape index (κ3) is 3.47. The highest BCUT2D eigenvalue weighted by Crippen LogP contribution is 2.64. The summed E-state index contributed by atoms with van der Waals surface area (Å²) < 4.78 is 14.0. The molecule has 6 atom stereocenters. The summed E-state index contributed by atoms with van der Waals surface area (Å²) >= 11 is 6.02. The first-order chi connectivity index (χ1) is 18.8. The molecule has 0 unspecified atom stereocenters. The van der Waals surface area contributed by atoms with Crippen molar-refractivity contribution in [2.75, 3.05) is 4.90 Å². The van der Waals surface area contributed by atoms with Crippen LogP contribution >= 0.6 is 11.6 Å². The van der Waals surface area contributed by atoms with Crippen LogP contribution in [0.3, 0.4) is 0 Å². The number of hydrogen-bond donors (Lipinski definition) is 1. The number of likely N-dealkylation sites (tertiary alicyclic amines) is 1. The van der Waals surface area contributed by atoms with E-state index in [2.05, 4.69) is 0 Å². The van der Waals surface area contributed by atoms with Gasteiger partial charge in [0, 0.05) is 17.0 Å². The van der Waals surface area contributed by atoms with Crippen LogP contribution in [-0.2, 0) is 19.2 Å². The third-order valence-electron chi connectivity index (χ3n) is 9.35. The molecule has 208 valence electrons. The molecule has 6 rings (SSSR count). The van der Waals surface area contributed by atoms with Gasteiger partial charge < -0.3 is 5.11 Å². The van der Waals surface area contributed by atoms with Crippen LogP contribution in [0.5, 0.6) is 5.75 Å². The van der Waals surface area contributed by atoms with Crippen LogP contribution < -0.4 is 4.90 Å². The van der Waals surface area contributed by atoms with Crippen LogP contribution in [0.2, 0.25) is 5.02 Å². The molecule has 1 N–H and O–H groups in total. The Kier molecular flexibility index (Phi) is 5.83. The van der Waals surface area contributed by atoms with Crippen LogP contribution in [0, 0.1) is 34.9 Å². The molecule has 2 aromatic carbocycles. The fourth-order valence-corrected chi connectivity index (χ4v) is 7.80. The van der Waals surface area contributed by atoms with E-state index < -0.39 is 58.2 Å². The van der Waals surface area contributed by atoms with Gasteiger partial charge in [-0.15, -0.1) is 0 Å². The van der Waals surface area contributed by atoms with Crippen molar-refractivity contribution in [3.05, 3.63) is 70.5 Å². The van der Waals surface area contributed by atoms with Crippen molar-refractivity contribution in [2.45, 2.75) is 52.0 Å². The first kappa shape index (κ1) is 26.7. The maximum absolute atomic E-state index is 14.3. The standard InChI is InChI=1S/C31H30ClFN2O5/c1-30(2,3)35-26(37)18-11-10-16-19(24(18)28(35)39)14-20-27(38)34(15-9-12-22(33)21(32)13-15)29(40)31(20,4)25(16)17-7-5-6-8-23(17)36/h5-10,12-13,18-20,24-25,36H,11,14H2,1-4H3/t18-,19+,20-,24-,25+,31+/m0/s1. The molecule has 2 saturated heterocycles. The molecule has 4 aliphatic rings. The van der Waals surface area contributed by atoms with E-state index in [1.165, 1.54) is 23.1 Å². The van der Waals surface area contributed by atoms with Gasteiger partial charge in [0.15, 0.2) is 0 Å². The van der Waals surface area contributed by atoms with Crippen molar-refractivity contribution in [1.29, 1.82) is 0 Å². The van der Waals surface area contributed by atoms with Crippen LogP contribution in [-0.4, -0.2) is 39.2 Å². The number of allylic oxidation sites excluding steroid dienone is 2. The highest BCUT2D eigenvalue weighted by atomic mass is 35.5. The zero-order valence-electron chi connectivity index (χ0n) is 22.7. The van der Waals surface area contributed by atoms with E-state index in [4.69, 9.17) is 11.6 Å². The number of hydrogen-bond acceptors (Lipinski definition) is 5. The number of halogens is 2. The molecule has 0 spiro atoms. The van der Waals surface area contributed by atoms with E-state index >= 15 is 0 Å². The van der Waals surface area contributed by atoms with Gasteiger partial charge in [-0.05, 0) is 70.7 Å². The highest BCUT2D eigenvalue weighted by molar-refractivity contribution is 6.31. The van der Waals surface area contributed by atoms with Crippen molar-refractivity contribution in [2.24, 2.45) is 29.1 Å². The van der Waals surface area contributed by atoms with E-state index in [0.717, 1.165) is 16.5 Å². The van der Waals surface area contributed by atoms with Crippen molar-refractivity contribution in [3.8, 4) is 5.75 Å². The second-order valence-electron chi connectivity index (χ2n) is 12.5. The lowest BCUT2D eigenvalue weighted by Gasteiger charge is -2.49. The first-order valence-corrected chi connectivity index (χ1v) is 13.9. The van der Waals surface area contributed by atoms with Crippen molar-refractivity contribution in [3.63, 3.8) is 0 Å². The van der Waals surface area contributed by atoms with E-state index in [1.54, 1.807) is 25.1 Å². The molecular formula is C31H30ClFN2O5. The molecule has 0 aromatic heterocycles. The topological polar surface area (TPSA) is 95.0 Å². The average Bonchev–Trinajstić information content (AvgIpc) is 3.26. The molecule has 7 nitrogen and oxygen atoms in total. The lowest BCUT2D eigenvalue weighted by Crippen LogP contribution is -2.49. The molecule has 40 heavy (non-hydrogen) atoms. The zero-order valence-corrected chi connectivity index (χ0v) is 23.4. The monoisotopic (exact) mass is 564 g/mol. The fraction of sp³-hybridized carbons (Fsp3) is 0.419. The SMILES string of the molecule is CC(C)(C)N1C(=O)[C@H]2[C@H](CC=C3[C@H]2C[C@H]2C(=O)N(c4ccc(F)c(Cl)c4)C(=O)[C@@]2(C)[C@H]3c2ccccc2O)C1=O. The number of phenolic OH excluding ortho intramolecular Hbond substituents is 1. The van der Waals surface area contributed by atoms with Gasteiger partial charge in [0.2, 0.25) is 23.6 Å². The first-order valence-electron chi connectivity index (χ1n) is 13.5. The summed E-state index contributed by atoms with van der Waals surface area (Å²) in [6.45, 7) is 7.19. The summed E-state index contributed by atoms with van der Waals surface area (Å²) in [5, 5.41) is 10.8. The van der Waals surface area contributed by atoms with E-state index in [-0.39, 0.29) is 34.7 Å². The van der Waals surface area contributed by atoms with Crippen molar-refractivity contribution in [1.82, 2.24) is 4.90 Å². The van der Waals surface area contributed by atoms with Crippen molar-refractivity contribution < 1.29 is 28.7 Å². The molecule has 2 aliphatic carbocycles. The Morgan fingerprint density at radius 2 is 1.70 bits per heavy atom. The third-order valence-corrected chi connectivity index (χ3v) is 9.64. The van der Waals surface area contributed by atoms with E-state index in [9.17, 15) is 28.7 Å². The molecule has 2 aromatic rings. The Hall–Kier alpha value is -3.52. The molecule has 0 bridgehead atoms. The minimum atomic E-state index is -1.30. The quantitative estimate of drug-likeness (QED) is 0.399. The Balaban J connectivity index is 1.53. The summed E-state index contributed by atoms with van der Waals surface area (Å²) in [7, 11) is 0. The smallest absolute Gasteiger partial charge is 0.241 e. The van der Waals surface area contributed by atoms with Crippen molar-refractivity contribution >= 4 is 40.9 Å². The van der Waals surface area contributed by atoms with E-state index in [0.29, 0.717) is 12.0 Å². The lowest BCUT2D eigenvalue weighted by atomic mass is 9.51. The minimum absolute atomic E-state index is 0.0233. The second kappa shape index (κ2) is 8.74. The number of carbonyl (C=O) groups excluding carboxylic acids is 4. The summed E-state index contributed by atoms with van der Waals surface area (Å²) in [4.78, 5) is 58.1. The normalized spacial score (nSPS) is 31.8. The number of fused-ring (bicyclic) bond motifs is 4. The summed E-state index contributed by atoms with van der Waals surface area (Å²) in [5.74, 6) is -5.39. The number of rotatable bonds is 2. The number of amides is 4. The highest BCUT2D eigenvalue weighted by Gasteiger charge is 2.68. The number of para-hydroxylation sites is 1. The summed E-state index contributed by atoms with van der Waals surface area (Å²) in [6, 6.07) is 10.4. The van der Waals surface area contributed by atoms with Gasteiger partial charge in [-0.2, -0.15) is 0 Å². The zero-order chi connectivity index (χ0) is 28.9. The predicted octanol–water partition coefficient (Wildman–Crippen LogP) is 5.21. The van der Waals surface area contributed by atoms with Gasteiger partial charge in [-0.1, -0.05) is 41.4 Å². The number of nitrogens with zero attached hydrogens (tertiary/aromatic N) is 2. The molecule has 2 aliphatic heterocycles. The minimum Gasteiger partial charge on any atom is -0.508 e. The molecule has 3 fully saturated rings. The molecule has 9 heteroatoms. The Morgan fingerprint density at radius 3 is 2.35 bits per heavy atom. The number of aromatic hydroxyl groups is 1. The van der Waals surface area contributed by atoms with Gasteiger partial charge in [0.25, 0.3) is 0 Å². The van der Waals surface area contributed by atoms with Crippen LogP contribution in [0.25, 0.3) is 0 Å². The number of carbonyl (C=O) groups is 4. The molecule has 4 amide bonds. The Labute approximate surface area is 236 Å². The number of phenols is 1. The Morgan fingerprint density at radius 1 is 1.00 bits per heavy atom.